The number of halogens is 1. The summed E-state index contributed by atoms with van der Waals surface area (Å²) in [6.45, 7) is 2.93. The smallest absolute Gasteiger partial charge is 0.254 e. The van der Waals surface area contributed by atoms with Crippen molar-refractivity contribution in [1.29, 1.82) is 0 Å². The Morgan fingerprint density at radius 3 is 2.96 bits per heavy atom. The number of hydrogen-bond donors (Lipinski definition) is 2. The first-order valence-electron chi connectivity index (χ1n) is 9.10. The highest BCUT2D eigenvalue weighted by Gasteiger charge is 2.33. The van der Waals surface area contributed by atoms with Crippen molar-refractivity contribution in [2.45, 2.75) is 32.4 Å². The number of aryl methyl sites for hydroxylation is 1. The Morgan fingerprint density at radius 1 is 1.39 bits per heavy atom. The van der Waals surface area contributed by atoms with E-state index in [0.717, 1.165) is 23.5 Å². The zero-order chi connectivity index (χ0) is 19.7. The maximum absolute atomic E-state index is 14.2. The van der Waals surface area contributed by atoms with Crippen LogP contribution in [0.25, 0.3) is 0 Å². The molecule has 0 aliphatic carbocycles. The van der Waals surface area contributed by atoms with Gasteiger partial charge in [-0.25, -0.2) is 9.37 Å². The SMILES string of the molecule is CCc1nc(C2CN(C(=O)c3ccc(COC)c(F)c3)Cc3cn[nH]c32)n[nH]1. The third-order valence-electron chi connectivity index (χ3n) is 4.95. The van der Waals surface area contributed by atoms with E-state index in [9.17, 15) is 9.18 Å². The Hall–Kier alpha value is -3.07. The van der Waals surface area contributed by atoms with E-state index in [1.165, 1.54) is 13.2 Å². The second-order valence-electron chi connectivity index (χ2n) is 6.78. The fraction of sp³-hybridized carbons (Fsp3) is 0.368. The number of nitrogens with zero attached hydrogens (tertiary/aromatic N) is 4. The Balaban J connectivity index is 1.62. The summed E-state index contributed by atoms with van der Waals surface area (Å²) < 4.78 is 19.2. The lowest BCUT2D eigenvalue weighted by Gasteiger charge is -2.31. The molecule has 2 N–H and O–H groups in total. The van der Waals surface area contributed by atoms with Crippen LogP contribution in [0.15, 0.2) is 24.4 Å². The number of hydrogen-bond acceptors (Lipinski definition) is 5. The van der Waals surface area contributed by atoms with Gasteiger partial charge >= 0.3 is 0 Å². The number of nitrogens with one attached hydrogen (secondary N) is 2. The monoisotopic (exact) mass is 384 g/mol. The van der Waals surface area contributed by atoms with Crippen LogP contribution in [0.5, 0.6) is 0 Å². The number of aromatic amines is 2. The van der Waals surface area contributed by atoms with Crippen molar-refractivity contribution in [2.75, 3.05) is 13.7 Å². The van der Waals surface area contributed by atoms with Crippen LogP contribution in [-0.2, 0) is 24.3 Å². The average Bonchev–Trinajstić information content (AvgIpc) is 3.37. The Bertz CT molecular complexity index is 998. The van der Waals surface area contributed by atoms with Gasteiger partial charge in [-0.15, -0.1) is 0 Å². The van der Waals surface area contributed by atoms with Crippen LogP contribution in [0.1, 0.15) is 51.7 Å². The van der Waals surface area contributed by atoms with E-state index in [-0.39, 0.29) is 18.4 Å². The summed E-state index contributed by atoms with van der Waals surface area (Å²) in [6, 6.07) is 4.47. The molecule has 1 unspecified atom stereocenters. The zero-order valence-electron chi connectivity index (χ0n) is 15.7. The summed E-state index contributed by atoms with van der Waals surface area (Å²) in [7, 11) is 1.50. The van der Waals surface area contributed by atoms with Crippen molar-refractivity contribution in [2.24, 2.45) is 0 Å². The number of fused-ring (bicyclic) bond motifs is 1. The molecule has 4 rings (SSSR count). The summed E-state index contributed by atoms with van der Waals surface area (Å²) in [6.07, 6.45) is 2.45. The molecule has 1 atom stereocenters. The third kappa shape index (κ3) is 3.29. The van der Waals surface area contributed by atoms with E-state index in [1.54, 1.807) is 23.2 Å². The van der Waals surface area contributed by atoms with Gasteiger partial charge in [-0.1, -0.05) is 13.0 Å². The minimum Gasteiger partial charge on any atom is -0.380 e. The molecule has 1 aromatic carbocycles. The minimum atomic E-state index is -0.452. The number of methoxy groups -OCH3 is 1. The molecule has 28 heavy (non-hydrogen) atoms. The van der Waals surface area contributed by atoms with Crippen molar-refractivity contribution in [1.82, 2.24) is 30.3 Å². The molecule has 9 heteroatoms. The first-order chi connectivity index (χ1) is 13.6. The van der Waals surface area contributed by atoms with Gasteiger partial charge < -0.3 is 9.64 Å². The van der Waals surface area contributed by atoms with Gasteiger partial charge in [0.25, 0.3) is 5.91 Å². The van der Waals surface area contributed by atoms with E-state index < -0.39 is 5.82 Å². The summed E-state index contributed by atoms with van der Waals surface area (Å²) in [5, 5.41) is 14.3. The van der Waals surface area contributed by atoms with Crippen LogP contribution >= 0.6 is 0 Å². The number of ether oxygens (including phenoxy) is 1. The van der Waals surface area contributed by atoms with Crippen LogP contribution in [0, 0.1) is 5.82 Å². The van der Waals surface area contributed by atoms with Crippen molar-refractivity contribution in [3.63, 3.8) is 0 Å². The lowest BCUT2D eigenvalue weighted by Crippen LogP contribution is -2.38. The molecule has 2 aromatic heterocycles. The highest BCUT2D eigenvalue weighted by Crippen LogP contribution is 2.31. The largest absolute Gasteiger partial charge is 0.380 e. The van der Waals surface area contributed by atoms with Crippen molar-refractivity contribution in [3.05, 3.63) is 64.2 Å². The van der Waals surface area contributed by atoms with Gasteiger partial charge in [0.05, 0.1) is 24.4 Å². The second-order valence-corrected chi connectivity index (χ2v) is 6.78. The molecular weight excluding hydrogens is 363 g/mol. The minimum absolute atomic E-state index is 0.162. The standard InChI is InChI=1S/C19H21FN6O2/c1-3-16-22-18(25-23-16)14-9-26(8-13-7-21-24-17(13)14)19(27)11-4-5-12(10-28-2)15(20)6-11/h4-7,14H,3,8-10H2,1-2H3,(H,21,24)(H,22,23,25). The summed E-state index contributed by atoms with van der Waals surface area (Å²) >= 11 is 0. The van der Waals surface area contributed by atoms with E-state index in [4.69, 9.17) is 4.74 Å². The van der Waals surface area contributed by atoms with Gasteiger partial charge in [-0.3, -0.25) is 15.0 Å². The van der Waals surface area contributed by atoms with Crippen LogP contribution in [-0.4, -0.2) is 49.8 Å². The third-order valence-corrected chi connectivity index (χ3v) is 4.95. The molecule has 0 saturated heterocycles. The number of carbonyl (C=O) groups is 1. The predicted octanol–water partition coefficient (Wildman–Crippen LogP) is 2.16. The van der Waals surface area contributed by atoms with Crippen molar-refractivity contribution < 1.29 is 13.9 Å². The maximum atomic E-state index is 14.2. The molecule has 0 fully saturated rings. The average molecular weight is 384 g/mol. The molecule has 0 spiro atoms. The van der Waals surface area contributed by atoms with Crippen molar-refractivity contribution in [3.8, 4) is 0 Å². The zero-order valence-corrected chi connectivity index (χ0v) is 15.7. The Morgan fingerprint density at radius 2 is 2.25 bits per heavy atom. The van der Waals surface area contributed by atoms with Crippen molar-refractivity contribution >= 4 is 5.91 Å². The molecule has 8 nitrogen and oxygen atoms in total. The second kappa shape index (κ2) is 7.51. The fourth-order valence-corrected chi connectivity index (χ4v) is 3.46. The topological polar surface area (TPSA) is 99.8 Å². The summed E-state index contributed by atoms with van der Waals surface area (Å²) in [5.74, 6) is 0.485. The van der Waals surface area contributed by atoms with Gasteiger partial charge in [0.15, 0.2) is 5.82 Å². The highest BCUT2D eigenvalue weighted by atomic mass is 19.1. The normalized spacial score (nSPS) is 16.2. The number of aromatic nitrogens is 5. The lowest BCUT2D eigenvalue weighted by atomic mass is 9.95. The molecule has 1 aliphatic heterocycles. The molecule has 3 aromatic rings. The quantitative estimate of drug-likeness (QED) is 0.702. The summed E-state index contributed by atoms with van der Waals surface area (Å²) in [4.78, 5) is 19.2. The molecular formula is C19H21FN6O2. The highest BCUT2D eigenvalue weighted by molar-refractivity contribution is 5.94. The van der Waals surface area contributed by atoms with E-state index in [1.807, 2.05) is 6.92 Å². The number of H-pyrrole nitrogens is 2. The van der Waals surface area contributed by atoms with Gasteiger partial charge in [-0.2, -0.15) is 10.2 Å². The Kier molecular flexibility index (Phi) is 4.91. The van der Waals surface area contributed by atoms with Gasteiger partial charge in [-0.05, 0) is 12.1 Å². The molecule has 0 radical (unpaired) electrons. The molecule has 0 bridgehead atoms. The predicted molar refractivity (Wildman–Crippen MR) is 98.0 cm³/mol. The van der Waals surface area contributed by atoms with E-state index in [0.29, 0.717) is 30.0 Å². The lowest BCUT2D eigenvalue weighted by molar-refractivity contribution is 0.0722. The first kappa shape index (κ1) is 18.3. The first-order valence-corrected chi connectivity index (χ1v) is 9.10. The number of rotatable bonds is 5. The van der Waals surface area contributed by atoms with Crippen LogP contribution < -0.4 is 0 Å². The van der Waals surface area contributed by atoms with E-state index >= 15 is 0 Å². The number of carbonyl (C=O) groups excluding carboxylic acids is 1. The van der Waals surface area contributed by atoms with Gasteiger partial charge in [0.1, 0.15) is 11.6 Å². The molecule has 3 heterocycles. The molecule has 1 aliphatic rings. The van der Waals surface area contributed by atoms with Crippen LogP contribution in [0.4, 0.5) is 4.39 Å². The Labute approximate surface area is 161 Å². The molecule has 0 saturated carbocycles. The fourth-order valence-electron chi connectivity index (χ4n) is 3.46. The van der Waals surface area contributed by atoms with E-state index in [2.05, 4.69) is 25.4 Å². The molecule has 1 amide bonds. The van der Waals surface area contributed by atoms with Crippen LogP contribution in [0.3, 0.4) is 0 Å². The van der Waals surface area contributed by atoms with Gasteiger partial charge in [0, 0.05) is 43.3 Å². The summed E-state index contributed by atoms with van der Waals surface area (Å²) in [5.41, 5.74) is 2.53. The van der Waals surface area contributed by atoms with Gasteiger partial charge in [0.2, 0.25) is 0 Å². The number of benzene rings is 1. The van der Waals surface area contributed by atoms with Crippen LogP contribution in [0.2, 0.25) is 0 Å². The number of amides is 1. The maximum Gasteiger partial charge on any atom is 0.254 e. The molecule has 146 valence electrons.